The molecule has 0 atom stereocenters. The van der Waals surface area contributed by atoms with Gasteiger partial charge in [-0.15, -0.1) is 0 Å². The summed E-state index contributed by atoms with van der Waals surface area (Å²) in [5.41, 5.74) is 3.12. The Labute approximate surface area is 232 Å². The Morgan fingerprint density at radius 2 is 1.40 bits per heavy atom. The van der Waals surface area contributed by atoms with Crippen molar-refractivity contribution in [2.24, 2.45) is 0 Å². The summed E-state index contributed by atoms with van der Waals surface area (Å²) in [6.45, 7) is 3.11. The van der Waals surface area contributed by atoms with Crippen molar-refractivity contribution in [2.75, 3.05) is 13.1 Å². The topological polar surface area (TPSA) is 72.1 Å². The van der Waals surface area contributed by atoms with Gasteiger partial charge in [0.15, 0.2) is 17.1 Å². The van der Waals surface area contributed by atoms with E-state index in [0.717, 1.165) is 30.8 Å². The van der Waals surface area contributed by atoms with E-state index in [2.05, 4.69) is 4.90 Å². The van der Waals surface area contributed by atoms with Gasteiger partial charge < -0.3 is 19.0 Å². The lowest BCUT2D eigenvalue weighted by Gasteiger charge is -2.28. The maximum atomic E-state index is 13.3. The van der Waals surface area contributed by atoms with Gasteiger partial charge in [0, 0.05) is 23.2 Å². The minimum absolute atomic E-state index is 0.107. The molecular weight excluding hydrogens is 502 g/mol. The van der Waals surface area contributed by atoms with Crippen LogP contribution in [0.2, 0.25) is 0 Å². The summed E-state index contributed by atoms with van der Waals surface area (Å²) < 4.78 is 19.4. The van der Waals surface area contributed by atoms with E-state index in [0.29, 0.717) is 17.1 Å². The van der Waals surface area contributed by atoms with Crippen LogP contribution in [-0.2, 0) is 12.3 Å². The van der Waals surface area contributed by atoms with Crippen molar-refractivity contribution >= 4 is 11.0 Å². The molecule has 200 valence electrons. The Morgan fingerprint density at radius 3 is 2.05 bits per heavy atom. The normalized spacial score (nSPS) is 16.3. The van der Waals surface area contributed by atoms with E-state index in [-0.39, 0.29) is 16.7 Å². The van der Waals surface area contributed by atoms with E-state index in [9.17, 15) is 9.90 Å². The van der Waals surface area contributed by atoms with Crippen molar-refractivity contribution in [1.29, 1.82) is 0 Å². The molecule has 40 heavy (non-hydrogen) atoms. The van der Waals surface area contributed by atoms with Crippen LogP contribution in [0.1, 0.15) is 36.0 Å². The van der Waals surface area contributed by atoms with Crippen molar-refractivity contribution in [3.8, 4) is 28.6 Å². The second-order valence-corrected chi connectivity index (χ2v) is 10.5. The third-order valence-corrected chi connectivity index (χ3v) is 7.83. The van der Waals surface area contributed by atoms with Crippen LogP contribution in [-0.4, -0.2) is 23.1 Å². The fraction of sp³-hybridized carbons (Fsp3) is 0.206. The van der Waals surface area contributed by atoms with E-state index in [1.165, 1.54) is 24.8 Å². The van der Waals surface area contributed by atoms with E-state index in [1.807, 2.05) is 84.9 Å². The van der Waals surface area contributed by atoms with Crippen LogP contribution in [0.5, 0.6) is 17.2 Å². The van der Waals surface area contributed by atoms with E-state index in [1.54, 1.807) is 12.1 Å². The number of likely N-dealkylation sites (tertiary alicyclic amines) is 1. The largest absolute Gasteiger partial charge is 0.502 e. The highest BCUT2D eigenvalue weighted by atomic mass is 16.7. The fourth-order valence-electron chi connectivity index (χ4n) is 5.75. The summed E-state index contributed by atoms with van der Waals surface area (Å²) >= 11 is 0. The average Bonchev–Trinajstić information content (AvgIpc) is 3.42. The van der Waals surface area contributed by atoms with Gasteiger partial charge in [-0.05, 0) is 43.6 Å². The third-order valence-electron chi connectivity index (χ3n) is 7.83. The van der Waals surface area contributed by atoms with Crippen LogP contribution in [0.25, 0.3) is 22.3 Å². The van der Waals surface area contributed by atoms with Crippen molar-refractivity contribution in [1.82, 2.24) is 4.90 Å². The molecule has 0 unspecified atom stereocenters. The Kier molecular flexibility index (Phi) is 6.05. The van der Waals surface area contributed by atoms with E-state index in [4.69, 9.17) is 13.9 Å². The molecule has 0 amide bonds. The zero-order valence-electron chi connectivity index (χ0n) is 22.0. The minimum Gasteiger partial charge on any atom is -0.502 e. The van der Waals surface area contributed by atoms with Gasteiger partial charge in [-0.25, -0.2) is 0 Å². The Morgan fingerprint density at radius 1 is 0.750 bits per heavy atom. The first-order valence-corrected chi connectivity index (χ1v) is 13.8. The zero-order chi connectivity index (χ0) is 27.1. The second kappa shape index (κ2) is 9.88. The SMILES string of the molecule is O=c1c(O)c(-c2ccc(CN3CCCCC3)cc2)oc2c3c(ccc12)OC(c1ccccc1)(c1ccccc1)O3. The van der Waals surface area contributed by atoms with Gasteiger partial charge in [0.25, 0.3) is 0 Å². The zero-order valence-corrected chi connectivity index (χ0v) is 22.0. The van der Waals surface area contributed by atoms with Crippen LogP contribution >= 0.6 is 0 Å². The maximum Gasteiger partial charge on any atom is 0.305 e. The Hall–Kier alpha value is -4.55. The van der Waals surface area contributed by atoms with Crippen molar-refractivity contribution in [3.63, 3.8) is 0 Å². The first-order valence-electron chi connectivity index (χ1n) is 13.8. The molecule has 5 aromatic rings. The molecule has 6 nitrogen and oxygen atoms in total. The first-order chi connectivity index (χ1) is 19.6. The molecule has 7 rings (SSSR count). The molecule has 1 N–H and O–H groups in total. The van der Waals surface area contributed by atoms with Gasteiger partial charge in [-0.2, -0.15) is 0 Å². The molecule has 1 saturated heterocycles. The lowest BCUT2D eigenvalue weighted by atomic mass is 9.97. The quantitative estimate of drug-likeness (QED) is 0.268. The molecule has 2 aliphatic heterocycles. The predicted octanol–water partition coefficient (Wildman–Crippen LogP) is 6.82. The van der Waals surface area contributed by atoms with Gasteiger partial charge in [0.2, 0.25) is 16.9 Å². The standard InChI is InChI=1S/C34H29NO5/c36-29-27-18-19-28-33(40-34(39-28,25-10-4-1-5-11-25)26-12-6-2-7-13-26)32(27)38-31(30(29)37)24-16-14-23(15-17-24)22-35-20-8-3-9-21-35/h1-2,4-7,10-19,37H,3,8-9,20-22H2. The average molecular weight is 532 g/mol. The van der Waals surface area contributed by atoms with Gasteiger partial charge in [0.1, 0.15) is 0 Å². The summed E-state index contributed by atoms with van der Waals surface area (Å²) in [6.07, 6.45) is 3.77. The molecule has 0 spiro atoms. The monoisotopic (exact) mass is 531 g/mol. The molecule has 1 aromatic heterocycles. The smallest absolute Gasteiger partial charge is 0.305 e. The second-order valence-electron chi connectivity index (χ2n) is 10.5. The van der Waals surface area contributed by atoms with Crippen molar-refractivity contribution < 1.29 is 19.0 Å². The summed E-state index contributed by atoms with van der Waals surface area (Å²) in [7, 11) is 0. The summed E-state index contributed by atoms with van der Waals surface area (Å²) in [5.74, 6) is -0.795. The third kappa shape index (κ3) is 4.12. The fourth-order valence-corrected chi connectivity index (χ4v) is 5.75. The number of nitrogens with zero attached hydrogens (tertiary/aromatic N) is 1. The molecule has 0 saturated carbocycles. The molecular formula is C34H29NO5. The van der Waals surface area contributed by atoms with Crippen LogP contribution in [0.15, 0.2) is 106 Å². The molecule has 1 fully saturated rings. The molecule has 6 heteroatoms. The van der Waals surface area contributed by atoms with Crippen molar-refractivity contribution in [3.05, 3.63) is 124 Å². The molecule has 0 bridgehead atoms. The van der Waals surface area contributed by atoms with Crippen molar-refractivity contribution in [2.45, 2.75) is 31.6 Å². The molecule has 0 radical (unpaired) electrons. The van der Waals surface area contributed by atoms with E-state index < -0.39 is 17.0 Å². The van der Waals surface area contributed by atoms with Crippen LogP contribution in [0.4, 0.5) is 0 Å². The predicted molar refractivity (Wildman–Crippen MR) is 154 cm³/mol. The Bertz CT molecular complexity index is 1680. The lowest BCUT2D eigenvalue weighted by Crippen LogP contribution is -2.36. The number of piperidine rings is 1. The van der Waals surface area contributed by atoms with Crippen LogP contribution in [0, 0.1) is 0 Å². The number of aromatic hydroxyl groups is 1. The number of fused-ring (bicyclic) bond motifs is 3. The van der Waals surface area contributed by atoms with Crippen LogP contribution in [0.3, 0.4) is 0 Å². The highest BCUT2D eigenvalue weighted by molar-refractivity contribution is 5.89. The van der Waals surface area contributed by atoms with Gasteiger partial charge >= 0.3 is 5.79 Å². The summed E-state index contributed by atoms with van der Waals surface area (Å²) in [4.78, 5) is 15.8. The van der Waals surface area contributed by atoms with E-state index >= 15 is 0 Å². The van der Waals surface area contributed by atoms with Gasteiger partial charge in [0.05, 0.1) is 5.39 Å². The Balaban J connectivity index is 1.31. The number of hydrogen-bond acceptors (Lipinski definition) is 6. The lowest BCUT2D eigenvalue weighted by molar-refractivity contribution is -0.0456. The first kappa shape index (κ1) is 24.5. The minimum atomic E-state index is -1.26. The number of ether oxygens (including phenoxy) is 2. The highest BCUT2D eigenvalue weighted by Gasteiger charge is 2.46. The number of hydrogen-bond donors (Lipinski definition) is 1. The number of rotatable bonds is 5. The molecule has 0 aliphatic carbocycles. The summed E-state index contributed by atoms with van der Waals surface area (Å²) in [5, 5.41) is 11.1. The molecule has 4 aromatic carbocycles. The molecule has 2 aliphatic rings. The van der Waals surface area contributed by atoms with Crippen LogP contribution < -0.4 is 14.9 Å². The van der Waals surface area contributed by atoms with Gasteiger partial charge in [-0.1, -0.05) is 91.3 Å². The summed E-state index contributed by atoms with van der Waals surface area (Å²) in [6, 6.07) is 30.5. The highest BCUT2D eigenvalue weighted by Crippen LogP contribution is 2.51. The maximum absolute atomic E-state index is 13.3. The van der Waals surface area contributed by atoms with Gasteiger partial charge in [-0.3, -0.25) is 9.69 Å². The molecule has 3 heterocycles. The number of benzene rings is 4.